The molecule has 1 atom stereocenters. The van der Waals surface area contributed by atoms with Gasteiger partial charge < -0.3 is 15.2 Å². The van der Waals surface area contributed by atoms with Gasteiger partial charge in [0.25, 0.3) is 0 Å². The summed E-state index contributed by atoms with van der Waals surface area (Å²) in [6.07, 6.45) is 0. The molecule has 0 amide bonds. The van der Waals surface area contributed by atoms with Crippen LogP contribution in [0.4, 0.5) is 0 Å². The second kappa shape index (κ2) is 8.02. The van der Waals surface area contributed by atoms with Gasteiger partial charge in [0, 0.05) is 5.56 Å². The summed E-state index contributed by atoms with van der Waals surface area (Å²) in [7, 11) is 1.61. The van der Waals surface area contributed by atoms with Gasteiger partial charge in [0.1, 0.15) is 5.82 Å². The molecule has 3 rings (SSSR count). The number of aromatic nitrogens is 3. The molecule has 3 N–H and O–H groups in total. The molecule has 1 heterocycles. The molecule has 0 aliphatic carbocycles. The third-order valence-corrected chi connectivity index (χ3v) is 4.65. The van der Waals surface area contributed by atoms with E-state index in [0.717, 1.165) is 11.1 Å². The Morgan fingerprint density at radius 2 is 1.79 bits per heavy atom. The fourth-order valence-corrected chi connectivity index (χ4v) is 2.97. The summed E-state index contributed by atoms with van der Waals surface area (Å²) in [5.74, 6) is 2.57. The van der Waals surface area contributed by atoms with Crippen molar-refractivity contribution in [3.05, 3.63) is 59.4 Å². The Bertz CT molecular complexity index is 926. The molecule has 0 aliphatic rings. The Balaban J connectivity index is 1.83. The Labute approximate surface area is 166 Å². The zero-order valence-electron chi connectivity index (χ0n) is 17.1. The highest BCUT2D eigenvalue weighted by Crippen LogP contribution is 2.31. The topological polar surface area (TPSA) is 86.0 Å². The average Bonchev–Trinajstić information content (AvgIpc) is 3.17. The van der Waals surface area contributed by atoms with Gasteiger partial charge >= 0.3 is 0 Å². The van der Waals surface area contributed by atoms with Crippen LogP contribution in [0, 0.1) is 0 Å². The van der Waals surface area contributed by atoms with Crippen LogP contribution in [0.1, 0.15) is 50.7 Å². The molecule has 1 aromatic heterocycles. The molecule has 0 fully saturated rings. The van der Waals surface area contributed by atoms with Crippen molar-refractivity contribution in [1.29, 1.82) is 0 Å². The average molecular weight is 380 g/mol. The van der Waals surface area contributed by atoms with Gasteiger partial charge in [-0.1, -0.05) is 51.1 Å². The zero-order valence-corrected chi connectivity index (χ0v) is 17.1. The highest BCUT2D eigenvalue weighted by molar-refractivity contribution is 5.55. The molecular weight excluding hydrogens is 352 g/mol. The summed E-state index contributed by atoms with van der Waals surface area (Å²) in [6, 6.07) is 13.5. The zero-order chi connectivity index (χ0) is 20.3. The molecule has 0 bridgehead atoms. The predicted molar refractivity (Wildman–Crippen MR) is 111 cm³/mol. The summed E-state index contributed by atoms with van der Waals surface area (Å²) in [5.41, 5.74) is 9.60. The molecule has 0 spiro atoms. The van der Waals surface area contributed by atoms with Crippen molar-refractivity contribution in [2.75, 3.05) is 13.7 Å². The van der Waals surface area contributed by atoms with Crippen LogP contribution < -0.4 is 15.2 Å². The van der Waals surface area contributed by atoms with Gasteiger partial charge in [-0.05, 0) is 35.6 Å². The largest absolute Gasteiger partial charge is 0.493 e. The summed E-state index contributed by atoms with van der Waals surface area (Å²) >= 11 is 0. The van der Waals surface area contributed by atoms with Crippen molar-refractivity contribution in [3.8, 4) is 22.9 Å². The minimum Gasteiger partial charge on any atom is -0.493 e. The van der Waals surface area contributed by atoms with Crippen LogP contribution in [0.5, 0.6) is 11.5 Å². The minimum absolute atomic E-state index is 0.109. The van der Waals surface area contributed by atoms with Crippen molar-refractivity contribution in [2.45, 2.75) is 39.2 Å². The van der Waals surface area contributed by atoms with E-state index in [1.165, 1.54) is 5.56 Å². The molecule has 0 unspecified atom stereocenters. The SMILES string of the molecule is CCOc1ccc([C@@H](N)c2nc(-c3ccc(C(C)(C)C)cc3)n[nH]2)cc1OC. The maximum Gasteiger partial charge on any atom is 0.181 e. The highest BCUT2D eigenvalue weighted by Gasteiger charge is 2.18. The lowest BCUT2D eigenvalue weighted by molar-refractivity contribution is 0.310. The van der Waals surface area contributed by atoms with Crippen LogP contribution in [0.15, 0.2) is 42.5 Å². The second-order valence-corrected chi connectivity index (χ2v) is 7.69. The Hall–Kier alpha value is -2.86. The van der Waals surface area contributed by atoms with Crippen LogP contribution in [0.3, 0.4) is 0 Å². The quantitative estimate of drug-likeness (QED) is 0.668. The number of hydrogen-bond acceptors (Lipinski definition) is 5. The number of nitrogens with two attached hydrogens (primary N) is 1. The number of nitrogens with one attached hydrogen (secondary N) is 1. The van der Waals surface area contributed by atoms with Gasteiger partial charge in [0.15, 0.2) is 17.3 Å². The van der Waals surface area contributed by atoms with E-state index < -0.39 is 6.04 Å². The van der Waals surface area contributed by atoms with E-state index in [9.17, 15) is 0 Å². The lowest BCUT2D eigenvalue weighted by Gasteiger charge is -2.18. The summed E-state index contributed by atoms with van der Waals surface area (Å²) in [4.78, 5) is 4.60. The number of rotatable bonds is 6. The van der Waals surface area contributed by atoms with Crippen LogP contribution in [0.25, 0.3) is 11.4 Å². The molecule has 0 saturated heterocycles. The van der Waals surface area contributed by atoms with E-state index in [1.54, 1.807) is 7.11 Å². The molecule has 0 saturated carbocycles. The van der Waals surface area contributed by atoms with Gasteiger partial charge in [0.05, 0.1) is 19.8 Å². The predicted octanol–water partition coefficient (Wildman–Crippen LogP) is 4.22. The molecular formula is C22H28N4O2. The van der Waals surface area contributed by atoms with Crippen LogP contribution in [0.2, 0.25) is 0 Å². The van der Waals surface area contributed by atoms with E-state index >= 15 is 0 Å². The molecule has 3 aromatic rings. The third kappa shape index (κ3) is 4.17. The van der Waals surface area contributed by atoms with Crippen molar-refractivity contribution in [3.63, 3.8) is 0 Å². The first-order valence-electron chi connectivity index (χ1n) is 9.43. The van der Waals surface area contributed by atoms with Gasteiger partial charge in [-0.3, -0.25) is 5.10 Å². The van der Waals surface area contributed by atoms with Crippen LogP contribution in [-0.4, -0.2) is 28.9 Å². The van der Waals surface area contributed by atoms with Crippen LogP contribution in [-0.2, 0) is 5.41 Å². The fourth-order valence-electron chi connectivity index (χ4n) is 2.97. The molecule has 6 nitrogen and oxygen atoms in total. The maximum atomic E-state index is 6.41. The molecule has 0 aliphatic heterocycles. The minimum atomic E-state index is -0.445. The number of benzene rings is 2. The molecule has 28 heavy (non-hydrogen) atoms. The van der Waals surface area contributed by atoms with Gasteiger partial charge in [0.2, 0.25) is 0 Å². The smallest absolute Gasteiger partial charge is 0.181 e. The van der Waals surface area contributed by atoms with E-state index in [-0.39, 0.29) is 5.41 Å². The van der Waals surface area contributed by atoms with E-state index in [1.807, 2.05) is 37.3 Å². The van der Waals surface area contributed by atoms with Crippen molar-refractivity contribution in [2.24, 2.45) is 5.73 Å². The standard InChI is InChI=1S/C22H28N4O2/c1-6-28-17-12-9-15(13-18(17)27-5)19(23)21-24-20(25-26-21)14-7-10-16(11-8-14)22(2,3)4/h7-13,19H,6,23H2,1-5H3,(H,24,25,26)/t19-/m1/s1. The number of nitrogens with zero attached hydrogens (tertiary/aromatic N) is 2. The van der Waals surface area contributed by atoms with Gasteiger partial charge in [-0.15, -0.1) is 0 Å². The summed E-state index contributed by atoms with van der Waals surface area (Å²) in [5, 5.41) is 7.31. The number of aromatic amines is 1. The first-order chi connectivity index (χ1) is 13.3. The summed E-state index contributed by atoms with van der Waals surface area (Å²) in [6.45, 7) is 9.08. The lowest BCUT2D eigenvalue weighted by Crippen LogP contribution is -2.14. The molecule has 2 aromatic carbocycles. The number of hydrogen-bond donors (Lipinski definition) is 2. The number of ether oxygens (including phenoxy) is 2. The van der Waals surface area contributed by atoms with Crippen LogP contribution >= 0.6 is 0 Å². The number of methoxy groups -OCH3 is 1. The first kappa shape index (κ1) is 19.9. The van der Waals surface area contributed by atoms with E-state index in [0.29, 0.717) is 29.8 Å². The molecule has 148 valence electrons. The molecule has 0 radical (unpaired) electrons. The fraction of sp³-hybridized carbons (Fsp3) is 0.364. The monoisotopic (exact) mass is 380 g/mol. The Kier molecular flexibility index (Phi) is 5.70. The first-order valence-corrected chi connectivity index (χ1v) is 9.43. The van der Waals surface area contributed by atoms with Gasteiger partial charge in [-0.25, -0.2) is 4.98 Å². The van der Waals surface area contributed by atoms with Crippen molar-refractivity contribution < 1.29 is 9.47 Å². The second-order valence-electron chi connectivity index (χ2n) is 7.69. The van der Waals surface area contributed by atoms with Crippen molar-refractivity contribution in [1.82, 2.24) is 15.2 Å². The Morgan fingerprint density at radius 1 is 1.07 bits per heavy atom. The van der Waals surface area contributed by atoms with Crippen molar-refractivity contribution >= 4 is 0 Å². The maximum absolute atomic E-state index is 6.41. The number of H-pyrrole nitrogens is 1. The lowest BCUT2D eigenvalue weighted by atomic mass is 9.87. The highest BCUT2D eigenvalue weighted by atomic mass is 16.5. The molecule has 6 heteroatoms. The van der Waals surface area contributed by atoms with E-state index in [4.69, 9.17) is 15.2 Å². The van der Waals surface area contributed by atoms with Gasteiger partial charge in [-0.2, -0.15) is 5.10 Å². The summed E-state index contributed by atoms with van der Waals surface area (Å²) < 4.78 is 11.0. The Morgan fingerprint density at radius 3 is 2.39 bits per heavy atom. The normalized spacial score (nSPS) is 12.6. The third-order valence-electron chi connectivity index (χ3n) is 4.65. The van der Waals surface area contributed by atoms with E-state index in [2.05, 4.69) is 48.1 Å².